The molecule has 0 radical (unpaired) electrons. The second-order valence-corrected chi connectivity index (χ2v) is 6.30. The van der Waals surface area contributed by atoms with Gasteiger partial charge in [0.15, 0.2) is 11.5 Å². The van der Waals surface area contributed by atoms with E-state index in [1.807, 2.05) is 24.8 Å². The van der Waals surface area contributed by atoms with Crippen molar-refractivity contribution in [2.45, 2.75) is 32.9 Å². The minimum atomic E-state index is -0.945. The standard InChI is InChI=1S/C17H24ClNO5.CH2O2/c1-3-23-15-7-11(13(18)8-16(15)24-4-2)9-19-6-5-12(17(21)22)14(20)10-19;2-1-3/h7-8,12,14,20H,3-6,9-10H2,1-2H3,(H,21,22);1H,(H,2,3)/t12-,14+;/m0./s1. The molecule has 1 aromatic carbocycles. The molecule has 1 aliphatic heterocycles. The van der Waals surface area contributed by atoms with Crippen LogP contribution in [0.1, 0.15) is 25.8 Å². The number of hydrogen-bond acceptors (Lipinski definition) is 6. The molecule has 1 saturated heterocycles. The fourth-order valence-corrected chi connectivity index (χ4v) is 3.12. The average molecular weight is 404 g/mol. The number of aliphatic hydroxyl groups is 1. The van der Waals surface area contributed by atoms with E-state index in [1.54, 1.807) is 6.07 Å². The number of aliphatic carboxylic acids is 1. The first-order chi connectivity index (χ1) is 12.9. The molecule has 0 bridgehead atoms. The van der Waals surface area contributed by atoms with E-state index >= 15 is 0 Å². The molecule has 152 valence electrons. The van der Waals surface area contributed by atoms with E-state index < -0.39 is 18.0 Å². The maximum absolute atomic E-state index is 11.1. The highest BCUT2D eigenvalue weighted by atomic mass is 35.5. The number of rotatable bonds is 7. The highest BCUT2D eigenvalue weighted by Gasteiger charge is 2.32. The molecule has 0 unspecified atom stereocenters. The van der Waals surface area contributed by atoms with Crippen molar-refractivity contribution in [2.24, 2.45) is 5.92 Å². The molecule has 1 aliphatic rings. The first-order valence-corrected chi connectivity index (χ1v) is 9.04. The number of hydrogen-bond donors (Lipinski definition) is 3. The van der Waals surface area contributed by atoms with Crippen molar-refractivity contribution in [2.75, 3.05) is 26.3 Å². The van der Waals surface area contributed by atoms with Crippen molar-refractivity contribution in [3.63, 3.8) is 0 Å². The lowest BCUT2D eigenvalue weighted by molar-refractivity contribution is -0.148. The van der Waals surface area contributed by atoms with Crippen molar-refractivity contribution in [1.82, 2.24) is 4.90 Å². The molecule has 0 aromatic heterocycles. The summed E-state index contributed by atoms with van der Waals surface area (Å²) in [5.74, 6) is -0.395. The van der Waals surface area contributed by atoms with E-state index in [-0.39, 0.29) is 6.47 Å². The smallest absolute Gasteiger partial charge is 0.309 e. The van der Waals surface area contributed by atoms with Gasteiger partial charge in [0.1, 0.15) is 0 Å². The van der Waals surface area contributed by atoms with Crippen molar-refractivity contribution in [1.29, 1.82) is 0 Å². The lowest BCUT2D eigenvalue weighted by Crippen LogP contribution is -2.46. The van der Waals surface area contributed by atoms with Gasteiger partial charge in [0.25, 0.3) is 6.47 Å². The summed E-state index contributed by atoms with van der Waals surface area (Å²) in [6.07, 6.45) is -0.451. The molecule has 0 spiro atoms. The summed E-state index contributed by atoms with van der Waals surface area (Å²) in [6, 6.07) is 3.60. The lowest BCUT2D eigenvalue weighted by atomic mass is 9.94. The first-order valence-electron chi connectivity index (χ1n) is 8.66. The van der Waals surface area contributed by atoms with Gasteiger partial charge in [-0.3, -0.25) is 14.5 Å². The predicted octanol–water partition coefficient (Wildman–Crippen LogP) is 2.11. The van der Waals surface area contributed by atoms with Crippen LogP contribution in [0.4, 0.5) is 0 Å². The Morgan fingerprint density at radius 2 is 1.85 bits per heavy atom. The lowest BCUT2D eigenvalue weighted by Gasteiger charge is -2.34. The molecule has 1 aromatic rings. The van der Waals surface area contributed by atoms with Gasteiger partial charge in [-0.1, -0.05) is 11.6 Å². The van der Waals surface area contributed by atoms with Gasteiger partial charge < -0.3 is 24.8 Å². The van der Waals surface area contributed by atoms with Crippen molar-refractivity contribution < 1.29 is 34.4 Å². The average Bonchev–Trinajstić information content (AvgIpc) is 2.59. The molecule has 2 atom stereocenters. The predicted molar refractivity (Wildman–Crippen MR) is 99.5 cm³/mol. The monoisotopic (exact) mass is 403 g/mol. The number of β-amino-alcohol motifs (C(OH)–C–C–N with tert-alkyl or cyclic N) is 1. The van der Waals surface area contributed by atoms with Crippen LogP contribution in [0.15, 0.2) is 12.1 Å². The Hall–Kier alpha value is -2.03. The number of nitrogens with zero attached hydrogens (tertiary/aromatic N) is 1. The summed E-state index contributed by atoms with van der Waals surface area (Å²) in [5, 5.41) is 26.5. The normalized spacial score (nSPS) is 19.6. The van der Waals surface area contributed by atoms with Crippen LogP contribution in [-0.2, 0) is 16.1 Å². The van der Waals surface area contributed by atoms with Crippen LogP contribution in [-0.4, -0.2) is 65.1 Å². The van der Waals surface area contributed by atoms with Gasteiger partial charge in [0.2, 0.25) is 0 Å². The number of carboxylic acids is 1. The molecular formula is C18H26ClNO7. The Bertz CT molecular complexity index is 626. The molecule has 27 heavy (non-hydrogen) atoms. The van der Waals surface area contributed by atoms with E-state index in [9.17, 15) is 9.90 Å². The van der Waals surface area contributed by atoms with E-state index in [0.717, 1.165) is 5.56 Å². The minimum absolute atomic E-state index is 0.250. The number of ether oxygens (including phenoxy) is 2. The number of carbonyl (C=O) groups is 2. The number of piperidine rings is 1. The number of benzene rings is 1. The molecular weight excluding hydrogens is 378 g/mol. The van der Waals surface area contributed by atoms with Crippen molar-refractivity contribution in [3.05, 3.63) is 22.7 Å². The minimum Gasteiger partial charge on any atom is -0.490 e. The highest BCUT2D eigenvalue weighted by molar-refractivity contribution is 6.31. The largest absolute Gasteiger partial charge is 0.490 e. The molecule has 3 N–H and O–H groups in total. The summed E-state index contributed by atoms with van der Waals surface area (Å²) in [4.78, 5) is 21.4. The Balaban J connectivity index is 0.00000114. The maximum atomic E-state index is 11.1. The van der Waals surface area contributed by atoms with Crippen LogP contribution >= 0.6 is 11.6 Å². The molecule has 1 heterocycles. The molecule has 0 saturated carbocycles. The third-order valence-electron chi connectivity index (χ3n) is 4.09. The molecule has 0 aliphatic carbocycles. The van der Waals surface area contributed by atoms with Crippen LogP contribution in [0.3, 0.4) is 0 Å². The topological polar surface area (TPSA) is 117 Å². The molecule has 1 fully saturated rings. The van der Waals surface area contributed by atoms with E-state index in [1.165, 1.54) is 0 Å². The van der Waals surface area contributed by atoms with Crippen LogP contribution < -0.4 is 9.47 Å². The fraction of sp³-hybridized carbons (Fsp3) is 0.556. The Morgan fingerprint density at radius 1 is 1.30 bits per heavy atom. The van der Waals surface area contributed by atoms with Gasteiger partial charge >= 0.3 is 5.97 Å². The zero-order valence-electron chi connectivity index (χ0n) is 15.4. The Labute approximate surface area is 163 Å². The number of halogens is 1. The molecule has 9 heteroatoms. The summed E-state index contributed by atoms with van der Waals surface area (Å²) < 4.78 is 11.2. The van der Waals surface area contributed by atoms with Gasteiger partial charge in [-0.15, -0.1) is 0 Å². The third kappa shape index (κ3) is 6.89. The summed E-state index contributed by atoms with van der Waals surface area (Å²) >= 11 is 6.35. The second-order valence-electron chi connectivity index (χ2n) is 5.90. The van der Waals surface area contributed by atoms with Crippen LogP contribution in [0.25, 0.3) is 0 Å². The van der Waals surface area contributed by atoms with Gasteiger partial charge in [0, 0.05) is 24.2 Å². The first kappa shape index (κ1) is 23.0. The number of carboxylic acid groups (broad SMARTS) is 2. The summed E-state index contributed by atoms with van der Waals surface area (Å²) in [6.45, 7) is 6.01. The number of likely N-dealkylation sites (tertiary alicyclic amines) is 1. The van der Waals surface area contributed by atoms with Crippen LogP contribution in [0.5, 0.6) is 11.5 Å². The van der Waals surface area contributed by atoms with Gasteiger partial charge in [-0.05, 0) is 38.4 Å². The van der Waals surface area contributed by atoms with E-state index in [2.05, 4.69) is 0 Å². The van der Waals surface area contributed by atoms with Gasteiger partial charge in [0.05, 0.1) is 25.2 Å². The van der Waals surface area contributed by atoms with E-state index in [4.69, 9.17) is 36.1 Å². The Kier molecular flexibility index (Phi) is 9.92. The second kappa shape index (κ2) is 11.6. The van der Waals surface area contributed by atoms with Crippen LogP contribution in [0.2, 0.25) is 5.02 Å². The van der Waals surface area contributed by atoms with Crippen molar-refractivity contribution >= 4 is 24.0 Å². The zero-order chi connectivity index (χ0) is 20.4. The molecule has 2 rings (SSSR count). The third-order valence-corrected chi connectivity index (χ3v) is 4.44. The quantitative estimate of drug-likeness (QED) is 0.592. The van der Waals surface area contributed by atoms with Gasteiger partial charge in [-0.25, -0.2) is 0 Å². The van der Waals surface area contributed by atoms with Gasteiger partial charge in [-0.2, -0.15) is 0 Å². The SMILES string of the molecule is CCOc1cc(Cl)c(CN2CC[C@H](C(=O)O)[C@H](O)C2)cc1OCC.O=CO. The summed E-state index contributed by atoms with van der Waals surface area (Å²) in [5.41, 5.74) is 0.865. The fourth-order valence-electron chi connectivity index (χ4n) is 2.90. The zero-order valence-corrected chi connectivity index (χ0v) is 16.2. The highest BCUT2D eigenvalue weighted by Crippen LogP contribution is 2.34. The molecule has 0 amide bonds. The number of aliphatic hydroxyl groups excluding tert-OH is 1. The van der Waals surface area contributed by atoms with Crippen LogP contribution in [0, 0.1) is 5.92 Å². The Morgan fingerprint density at radius 3 is 2.33 bits per heavy atom. The summed E-state index contributed by atoms with van der Waals surface area (Å²) in [7, 11) is 0. The van der Waals surface area contributed by atoms with E-state index in [0.29, 0.717) is 55.8 Å². The molecule has 8 nitrogen and oxygen atoms in total. The van der Waals surface area contributed by atoms with Crippen molar-refractivity contribution in [3.8, 4) is 11.5 Å². The maximum Gasteiger partial charge on any atom is 0.309 e.